The van der Waals surface area contributed by atoms with Crippen LogP contribution in [-0.4, -0.2) is 35.2 Å². The summed E-state index contributed by atoms with van der Waals surface area (Å²) in [6, 6.07) is 7.60. The molecule has 4 N–H and O–H groups in total. The summed E-state index contributed by atoms with van der Waals surface area (Å²) in [5.74, 6) is -0.248. The van der Waals surface area contributed by atoms with Gasteiger partial charge >= 0.3 is 0 Å². The van der Waals surface area contributed by atoms with Gasteiger partial charge < -0.3 is 25.2 Å². The van der Waals surface area contributed by atoms with Crippen LogP contribution in [0.3, 0.4) is 0 Å². The molecule has 0 bridgehead atoms. The number of hydrogen-bond donors (Lipinski definition) is 3. The smallest absolute Gasteiger partial charge is 0.253 e. The zero-order valence-corrected chi connectivity index (χ0v) is 19.7. The first-order chi connectivity index (χ1) is 15.7. The quantitative estimate of drug-likeness (QED) is 0.459. The number of aryl methyl sites for hydroxylation is 2. The predicted octanol–water partition coefficient (Wildman–Crippen LogP) is 3.10. The maximum Gasteiger partial charge on any atom is 0.253 e. The fourth-order valence-corrected chi connectivity index (χ4v) is 3.93. The Morgan fingerprint density at radius 2 is 2.09 bits per heavy atom. The van der Waals surface area contributed by atoms with Gasteiger partial charge in [-0.15, -0.1) is 0 Å². The van der Waals surface area contributed by atoms with Gasteiger partial charge in [-0.05, 0) is 69.2 Å². The first-order valence-electron chi connectivity index (χ1n) is 10.8. The van der Waals surface area contributed by atoms with E-state index in [1.54, 1.807) is 19.3 Å². The standard InChI is InChI=1S/C25H31N5O3/c1-15-11-16(2)29-25(32)22(15)13-28-24(31)21-12-20-7-6-10-30(20)23(17(21)3)18(4)33-14-19(26)8-9-27-5/h6-12,18H,13-14,26H2,1-5H3,(H,28,31)(H,29,32). The minimum atomic E-state index is -0.319. The maximum atomic E-state index is 13.1. The van der Waals surface area contributed by atoms with Gasteiger partial charge in [-0.2, -0.15) is 0 Å². The number of fused-ring (bicyclic) bond motifs is 1. The number of ether oxygens (including phenoxy) is 1. The molecule has 33 heavy (non-hydrogen) atoms. The van der Waals surface area contributed by atoms with E-state index < -0.39 is 0 Å². The van der Waals surface area contributed by atoms with Crippen LogP contribution in [0.2, 0.25) is 0 Å². The highest BCUT2D eigenvalue weighted by Crippen LogP contribution is 2.26. The highest BCUT2D eigenvalue weighted by atomic mass is 16.5. The Morgan fingerprint density at radius 1 is 1.33 bits per heavy atom. The molecule has 174 valence electrons. The molecule has 3 heterocycles. The van der Waals surface area contributed by atoms with Crippen LogP contribution in [0.5, 0.6) is 0 Å². The molecule has 1 atom stereocenters. The van der Waals surface area contributed by atoms with Gasteiger partial charge in [-0.1, -0.05) is 0 Å². The number of aromatic nitrogens is 2. The normalized spacial score (nSPS) is 13.1. The topological polar surface area (TPSA) is 114 Å². The second-order valence-corrected chi connectivity index (χ2v) is 8.10. The fourth-order valence-electron chi connectivity index (χ4n) is 3.93. The van der Waals surface area contributed by atoms with Crippen LogP contribution in [-0.2, 0) is 11.3 Å². The van der Waals surface area contributed by atoms with Crippen LogP contribution >= 0.6 is 0 Å². The number of carbonyl (C=O) groups excluding carboxylic acids is 1. The SMILES string of the molecule is CN=CC=C(N)COC(C)c1c(C)c(C(=O)NCc2c(C)cc(C)[nH]c2=O)cc2cccn12. The number of rotatable bonds is 8. The third-order valence-corrected chi connectivity index (χ3v) is 5.61. The molecule has 8 heteroatoms. The number of aromatic amines is 1. The Kier molecular flexibility index (Phi) is 7.50. The highest BCUT2D eigenvalue weighted by Gasteiger charge is 2.20. The third-order valence-electron chi connectivity index (χ3n) is 5.61. The van der Waals surface area contributed by atoms with Gasteiger partial charge in [0.05, 0.1) is 18.4 Å². The number of H-pyrrole nitrogens is 1. The lowest BCUT2D eigenvalue weighted by Crippen LogP contribution is -2.29. The largest absolute Gasteiger partial charge is 0.400 e. The van der Waals surface area contributed by atoms with E-state index in [2.05, 4.69) is 15.3 Å². The Bertz CT molecular complexity index is 1280. The van der Waals surface area contributed by atoms with E-state index in [1.807, 2.05) is 62.6 Å². The van der Waals surface area contributed by atoms with Gasteiger partial charge in [-0.3, -0.25) is 14.6 Å². The van der Waals surface area contributed by atoms with Crippen molar-refractivity contribution < 1.29 is 9.53 Å². The Hall–Kier alpha value is -3.65. The number of allylic oxidation sites excluding steroid dienone is 1. The Labute approximate surface area is 193 Å². The molecule has 3 rings (SSSR count). The average Bonchev–Trinajstić information content (AvgIpc) is 3.22. The van der Waals surface area contributed by atoms with Gasteiger partial charge in [-0.25, -0.2) is 0 Å². The summed E-state index contributed by atoms with van der Waals surface area (Å²) in [5, 5.41) is 2.90. The molecule has 0 aliphatic rings. The second-order valence-electron chi connectivity index (χ2n) is 8.10. The molecule has 3 aromatic rings. The number of nitrogens with zero attached hydrogens (tertiary/aromatic N) is 2. The molecule has 1 unspecified atom stereocenters. The van der Waals surface area contributed by atoms with Crippen molar-refractivity contribution in [2.24, 2.45) is 10.7 Å². The molecule has 0 aliphatic carbocycles. The lowest BCUT2D eigenvalue weighted by molar-refractivity contribution is 0.0784. The molecule has 0 spiro atoms. The van der Waals surface area contributed by atoms with Crippen molar-refractivity contribution in [3.05, 3.63) is 86.2 Å². The van der Waals surface area contributed by atoms with Gasteiger partial charge in [0.1, 0.15) is 0 Å². The maximum absolute atomic E-state index is 13.1. The molecule has 0 aromatic carbocycles. The van der Waals surface area contributed by atoms with Gasteiger partial charge in [0.15, 0.2) is 0 Å². The van der Waals surface area contributed by atoms with Crippen molar-refractivity contribution in [2.75, 3.05) is 13.7 Å². The minimum Gasteiger partial charge on any atom is -0.400 e. The predicted molar refractivity (Wildman–Crippen MR) is 131 cm³/mol. The van der Waals surface area contributed by atoms with Crippen LogP contribution in [0.25, 0.3) is 5.52 Å². The van der Waals surface area contributed by atoms with Crippen LogP contribution in [0, 0.1) is 20.8 Å². The van der Waals surface area contributed by atoms with E-state index >= 15 is 0 Å². The number of amides is 1. The molecular weight excluding hydrogens is 418 g/mol. The van der Waals surface area contributed by atoms with E-state index in [0.29, 0.717) is 16.8 Å². The molecule has 0 saturated carbocycles. The van der Waals surface area contributed by atoms with Crippen LogP contribution in [0.15, 0.2) is 52.0 Å². The van der Waals surface area contributed by atoms with Crippen LogP contribution < -0.4 is 16.6 Å². The molecule has 8 nitrogen and oxygen atoms in total. The third kappa shape index (κ3) is 5.40. The fraction of sp³-hybridized carbons (Fsp3) is 0.320. The minimum absolute atomic E-state index is 0.146. The second kappa shape index (κ2) is 10.3. The van der Waals surface area contributed by atoms with Crippen LogP contribution in [0.1, 0.15) is 51.5 Å². The van der Waals surface area contributed by atoms with Gasteiger partial charge in [0.25, 0.3) is 11.5 Å². The van der Waals surface area contributed by atoms with Crippen LogP contribution in [0.4, 0.5) is 0 Å². The lowest BCUT2D eigenvalue weighted by atomic mass is 10.0. The van der Waals surface area contributed by atoms with Crippen molar-refractivity contribution in [3.8, 4) is 0 Å². The number of nitrogens with two attached hydrogens (primary N) is 1. The number of pyridine rings is 2. The molecule has 0 aliphatic heterocycles. The molecule has 0 radical (unpaired) electrons. The van der Waals surface area contributed by atoms with Crippen molar-refractivity contribution in [1.82, 2.24) is 14.7 Å². The van der Waals surface area contributed by atoms with Crippen molar-refractivity contribution >= 4 is 17.6 Å². The van der Waals surface area contributed by atoms with E-state index in [0.717, 1.165) is 28.0 Å². The summed E-state index contributed by atoms with van der Waals surface area (Å²) < 4.78 is 8.01. The first kappa shape index (κ1) is 24.0. The summed E-state index contributed by atoms with van der Waals surface area (Å²) in [6.45, 7) is 7.91. The number of carbonyl (C=O) groups is 1. The zero-order valence-electron chi connectivity index (χ0n) is 19.7. The molecule has 3 aromatic heterocycles. The molecule has 0 fully saturated rings. The van der Waals surface area contributed by atoms with E-state index in [9.17, 15) is 9.59 Å². The molecule has 0 saturated heterocycles. The number of hydrogen-bond acceptors (Lipinski definition) is 5. The van der Waals surface area contributed by atoms with Crippen molar-refractivity contribution in [2.45, 2.75) is 40.3 Å². The Morgan fingerprint density at radius 3 is 2.79 bits per heavy atom. The summed E-state index contributed by atoms with van der Waals surface area (Å²) in [5.41, 5.74) is 11.6. The first-order valence-corrected chi connectivity index (χ1v) is 10.8. The lowest BCUT2D eigenvalue weighted by Gasteiger charge is -2.21. The summed E-state index contributed by atoms with van der Waals surface area (Å²) >= 11 is 0. The molecule has 1 amide bonds. The average molecular weight is 450 g/mol. The number of nitrogens with one attached hydrogen (secondary N) is 2. The van der Waals surface area contributed by atoms with Crippen molar-refractivity contribution in [1.29, 1.82) is 0 Å². The Balaban J connectivity index is 1.87. The van der Waals surface area contributed by atoms with Crippen molar-refractivity contribution in [3.63, 3.8) is 0 Å². The summed E-state index contributed by atoms with van der Waals surface area (Å²) in [4.78, 5) is 32.1. The van der Waals surface area contributed by atoms with Gasteiger partial charge in [0, 0.05) is 54.0 Å². The summed E-state index contributed by atoms with van der Waals surface area (Å²) in [6.07, 6.45) is 4.94. The van der Waals surface area contributed by atoms with Gasteiger partial charge in [0.2, 0.25) is 0 Å². The zero-order chi connectivity index (χ0) is 24.1. The van der Waals surface area contributed by atoms with E-state index in [-0.39, 0.29) is 30.7 Å². The number of aliphatic imine (C=N–C) groups is 1. The summed E-state index contributed by atoms with van der Waals surface area (Å²) in [7, 11) is 1.67. The highest BCUT2D eigenvalue weighted by molar-refractivity contribution is 5.97. The monoisotopic (exact) mass is 449 g/mol. The van der Waals surface area contributed by atoms with E-state index in [4.69, 9.17) is 10.5 Å². The molecular formula is C25H31N5O3. The van der Waals surface area contributed by atoms with E-state index in [1.165, 1.54) is 0 Å².